The Morgan fingerprint density at radius 1 is 1.61 bits per heavy atom. The van der Waals surface area contributed by atoms with Crippen molar-refractivity contribution in [2.45, 2.75) is 13.3 Å². The first-order valence-electron chi connectivity index (χ1n) is 5.92. The number of nitrogens with two attached hydrogens (primary N) is 1. The van der Waals surface area contributed by atoms with E-state index in [0.717, 1.165) is 29.7 Å². The molecule has 1 saturated heterocycles. The largest absolute Gasteiger partial charge is 0.370 e. The SMILES string of the molecule is Cc1cc(N2CCC(CN)C2)c(Br)cc1[N+](=O)[O-]. The number of anilines is 1. The van der Waals surface area contributed by atoms with Gasteiger partial charge in [0.1, 0.15) is 0 Å². The van der Waals surface area contributed by atoms with Crippen molar-refractivity contribution in [3.63, 3.8) is 0 Å². The fourth-order valence-electron chi connectivity index (χ4n) is 2.34. The highest BCUT2D eigenvalue weighted by atomic mass is 79.9. The molecule has 2 N–H and O–H groups in total. The summed E-state index contributed by atoms with van der Waals surface area (Å²) in [5.41, 5.74) is 7.54. The van der Waals surface area contributed by atoms with Crippen LogP contribution in [0.3, 0.4) is 0 Å². The van der Waals surface area contributed by atoms with Gasteiger partial charge >= 0.3 is 0 Å². The van der Waals surface area contributed by atoms with Crippen LogP contribution in [0.15, 0.2) is 16.6 Å². The summed E-state index contributed by atoms with van der Waals surface area (Å²) in [5.74, 6) is 0.521. The van der Waals surface area contributed by atoms with E-state index in [0.29, 0.717) is 18.0 Å². The molecule has 0 amide bonds. The molecule has 6 heteroatoms. The van der Waals surface area contributed by atoms with Crippen molar-refractivity contribution < 1.29 is 4.92 Å². The highest BCUT2D eigenvalue weighted by Crippen LogP contribution is 2.35. The van der Waals surface area contributed by atoms with Gasteiger partial charge in [0.15, 0.2) is 0 Å². The molecule has 98 valence electrons. The molecule has 0 aromatic heterocycles. The average molecular weight is 314 g/mol. The summed E-state index contributed by atoms with van der Waals surface area (Å²) in [6.07, 6.45) is 1.08. The molecule has 2 rings (SSSR count). The van der Waals surface area contributed by atoms with Crippen LogP contribution in [0.25, 0.3) is 0 Å². The smallest absolute Gasteiger partial charge is 0.273 e. The Hall–Kier alpha value is -1.14. The Bertz CT molecular complexity index is 479. The van der Waals surface area contributed by atoms with E-state index in [1.807, 2.05) is 6.07 Å². The first-order valence-corrected chi connectivity index (χ1v) is 6.71. The van der Waals surface area contributed by atoms with Crippen LogP contribution >= 0.6 is 15.9 Å². The molecule has 1 atom stereocenters. The van der Waals surface area contributed by atoms with Gasteiger partial charge in [-0.3, -0.25) is 10.1 Å². The lowest BCUT2D eigenvalue weighted by molar-refractivity contribution is -0.385. The third kappa shape index (κ3) is 2.49. The van der Waals surface area contributed by atoms with E-state index in [1.54, 1.807) is 13.0 Å². The molecule has 0 aliphatic carbocycles. The summed E-state index contributed by atoms with van der Waals surface area (Å²) >= 11 is 3.42. The molecule has 1 fully saturated rings. The van der Waals surface area contributed by atoms with E-state index in [-0.39, 0.29) is 10.6 Å². The molecule has 1 heterocycles. The second-order valence-electron chi connectivity index (χ2n) is 4.68. The summed E-state index contributed by atoms with van der Waals surface area (Å²) in [7, 11) is 0. The number of nitro groups is 1. The third-order valence-corrected chi connectivity index (χ3v) is 4.06. The van der Waals surface area contributed by atoms with Crippen molar-refractivity contribution >= 4 is 27.3 Å². The fourth-order valence-corrected chi connectivity index (χ4v) is 2.92. The van der Waals surface area contributed by atoms with Gasteiger partial charge < -0.3 is 10.6 Å². The molecule has 1 aromatic carbocycles. The van der Waals surface area contributed by atoms with Gasteiger partial charge in [-0.2, -0.15) is 0 Å². The molecule has 0 spiro atoms. The van der Waals surface area contributed by atoms with Crippen LogP contribution in [-0.4, -0.2) is 24.6 Å². The zero-order chi connectivity index (χ0) is 13.3. The van der Waals surface area contributed by atoms with Crippen molar-refractivity contribution in [2.75, 3.05) is 24.5 Å². The van der Waals surface area contributed by atoms with Crippen molar-refractivity contribution in [1.82, 2.24) is 0 Å². The van der Waals surface area contributed by atoms with Crippen LogP contribution in [0.4, 0.5) is 11.4 Å². The molecule has 1 aliphatic rings. The van der Waals surface area contributed by atoms with Gasteiger partial charge in [0.2, 0.25) is 0 Å². The predicted molar refractivity (Wildman–Crippen MR) is 74.9 cm³/mol. The lowest BCUT2D eigenvalue weighted by Crippen LogP contribution is -2.23. The Balaban J connectivity index is 2.30. The maximum Gasteiger partial charge on any atom is 0.273 e. The first kappa shape index (κ1) is 13.3. The van der Waals surface area contributed by atoms with Gasteiger partial charge in [-0.15, -0.1) is 0 Å². The fraction of sp³-hybridized carbons (Fsp3) is 0.500. The summed E-state index contributed by atoms with van der Waals surface area (Å²) < 4.78 is 0.775. The van der Waals surface area contributed by atoms with Crippen LogP contribution in [0.1, 0.15) is 12.0 Å². The van der Waals surface area contributed by atoms with Gasteiger partial charge in [-0.1, -0.05) is 0 Å². The molecular formula is C12H16BrN3O2. The molecular weight excluding hydrogens is 298 g/mol. The summed E-state index contributed by atoms with van der Waals surface area (Å²) in [5, 5.41) is 10.9. The van der Waals surface area contributed by atoms with Crippen molar-refractivity contribution in [2.24, 2.45) is 11.7 Å². The minimum Gasteiger partial charge on any atom is -0.370 e. The van der Waals surface area contributed by atoms with Gasteiger partial charge in [0.05, 0.1) is 10.6 Å². The topological polar surface area (TPSA) is 72.4 Å². The Morgan fingerprint density at radius 2 is 2.33 bits per heavy atom. The van der Waals surface area contributed by atoms with E-state index in [9.17, 15) is 10.1 Å². The van der Waals surface area contributed by atoms with Crippen molar-refractivity contribution in [3.05, 3.63) is 32.3 Å². The molecule has 0 radical (unpaired) electrons. The minimum atomic E-state index is -0.351. The monoisotopic (exact) mass is 313 g/mol. The molecule has 1 unspecified atom stereocenters. The van der Waals surface area contributed by atoms with Gasteiger partial charge in [-0.25, -0.2) is 0 Å². The Labute approximate surface area is 114 Å². The Kier molecular flexibility index (Phi) is 3.87. The third-order valence-electron chi connectivity index (χ3n) is 3.42. The van der Waals surface area contributed by atoms with Gasteiger partial charge in [0.25, 0.3) is 5.69 Å². The number of nitro benzene ring substituents is 1. The number of rotatable bonds is 3. The number of hydrogen-bond donors (Lipinski definition) is 1. The molecule has 5 nitrogen and oxygen atoms in total. The highest BCUT2D eigenvalue weighted by molar-refractivity contribution is 9.10. The highest BCUT2D eigenvalue weighted by Gasteiger charge is 2.24. The zero-order valence-electron chi connectivity index (χ0n) is 10.2. The maximum atomic E-state index is 10.9. The second kappa shape index (κ2) is 5.24. The van der Waals surface area contributed by atoms with Crippen LogP contribution in [0, 0.1) is 23.0 Å². The van der Waals surface area contributed by atoms with E-state index < -0.39 is 0 Å². The van der Waals surface area contributed by atoms with Crippen LogP contribution in [-0.2, 0) is 0 Å². The van der Waals surface area contributed by atoms with Crippen molar-refractivity contribution in [3.8, 4) is 0 Å². The van der Waals surface area contributed by atoms with E-state index in [1.165, 1.54) is 0 Å². The standard InChI is InChI=1S/C12H16BrN3O2/c1-8-4-12(10(13)5-11(8)16(17)18)15-3-2-9(6-14)7-15/h4-5,9H,2-3,6-7,14H2,1H3. The van der Waals surface area contributed by atoms with Crippen LogP contribution in [0.2, 0.25) is 0 Å². The number of benzene rings is 1. The van der Waals surface area contributed by atoms with E-state index in [4.69, 9.17) is 5.73 Å². The predicted octanol–water partition coefficient (Wildman–Crippen LogP) is 2.45. The summed E-state index contributed by atoms with van der Waals surface area (Å²) in [6.45, 7) is 4.34. The summed E-state index contributed by atoms with van der Waals surface area (Å²) in [6, 6.07) is 3.46. The maximum absolute atomic E-state index is 10.9. The molecule has 1 aromatic rings. The zero-order valence-corrected chi connectivity index (χ0v) is 11.8. The Morgan fingerprint density at radius 3 is 2.89 bits per heavy atom. The van der Waals surface area contributed by atoms with E-state index >= 15 is 0 Å². The number of nitrogens with zero attached hydrogens (tertiary/aromatic N) is 2. The van der Waals surface area contributed by atoms with Crippen LogP contribution in [0.5, 0.6) is 0 Å². The van der Waals surface area contributed by atoms with E-state index in [2.05, 4.69) is 20.8 Å². The quantitative estimate of drug-likeness (QED) is 0.687. The van der Waals surface area contributed by atoms with Gasteiger partial charge in [-0.05, 0) is 47.8 Å². The molecule has 1 aliphatic heterocycles. The number of aryl methyl sites for hydroxylation is 1. The normalized spacial score (nSPS) is 19.3. The first-order chi connectivity index (χ1) is 8.52. The number of halogens is 1. The lowest BCUT2D eigenvalue weighted by atomic mass is 10.1. The average Bonchev–Trinajstić information content (AvgIpc) is 2.79. The summed E-state index contributed by atoms with van der Waals surface area (Å²) in [4.78, 5) is 12.7. The molecule has 0 bridgehead atoms. The minimum absolute atomic E-state index is 0.153. The molecule has 18 heavy (non-hydrogen) atoms. The lowest BCUT2D eigenvalue weighted by Gasteiger charge is -2.20. The van der Waals surface area contributed by atoms with Crippen molar-refractivity contribution in [1.29, 1.82) is 0 Å². The second-order valence-corrected chi connectivity index (χ2v) is 5.54. The number of hydrogen-bond acceptors (Lipinski definition) is 4. The molecule has 0 saturated carbocycles. The van der Waals surface area contributed by atoms with Crippen LogP contribution < -0.4 is 10.6 Å². The van der Waals surface area contributed by atoms with Gasteiger partial charge in [0, 0.05) is 29.2 Å².